The van der Waals surface area contributed by atoms with Crippen LogP contribution < -0.4 is 10.1 Å². The summed E-state index contributed by atoms with van der Waals surface area (Å²) < 4.78 is 5.39. The van der Waals surface area contributed by atoms with E-state index in [4.69, 9.17) is 4.74 Å². The maximum absolute atomic E-state index is 5.39. The van der Waals surface area contributed by atoms with Gasteiger partial charge >= 0.3 is 0 Å². The molecule has 2 N–H and O–H groups in total. The summed E-state index contributed by atoms with van der Waals surface area (Å²) in [5.74, 6) is 0.880. The van der Waals surface area contributed by atoms with Crippen LogP contribution in [0.15, 0.2) is 78.9 Å². The molecule has 160 valence electrons. The molecule has 1 atom stereocenters. The van der Waals surface area contributed by atoms with E-state index in [0.29, 0.717) is 0 Å². The third-order valence-corrected chi connectivity index (χ3v) is 5.97. The molecule has 1 aromatic heterocycles. The molecule has 1 unspecified atom stereocenters. The lowest BCUT2D eigenvalue weighted by Gasteiger charge is -2.21. The van der Waals surface area contributed by atoms with Gasteiger partial charge in [0.05, 0.1) is 13.2 Å². The number of fused-ring (bicyclic) bond motifs is 1. The Hall–Kier alpha value is -3.04. The maximum Gasteiger partial charge on any atom is 0.118 e. The first kappa shape index (κ1) is 21.2. The topological polar surface area (TPSA) is 37.0 Å². The van der Waals surface area contributed by atoms with E-state index in [2.05, 4.69) is 84.0 Å². The average molecular weight is 413 g/mol. The molecule has 0 amide bonds. The van der Waals surface area contributed by atoms with Crippen LogP contribution in [0.4, 0.5) is 0 Å². The van der Waals surface area contributed by atoms with E-state index < -0.39 is 0 Å². The van der Waals surface area contributed by atoms with E-state index in [9.17, 15) is 0 Å². The summed E-state index contributed by atoms with van der Waals surface area (Å²) in [6.07, 6.45) is 4.78. The smallest absolute Gasteiger partial charge is 0.118 e. The van der Waals surface area contributed by atoms with Gasteiger partial charge in [0.1, 0.15) is 5.75 Å². The van der Waals surface area contributed by atoms with Gasteiger partial charge in [-0.15, -0.1) is 0 Å². The van der Waals surface area contributed by atoms with Gasteiger partial charge in [-0.05, 0) is 47.7 Å². The van der Waals surface area contributed by atoms with E-state index in [1.165, 1.54) is 52.5 Å². The number of hydrogen-bond donors (Lipinski definition) is 2. The Kier molecular flexibility index (Phi) is 7.06. The normalized spacial score (nSPS) is 12.2. The first-order valence-corrected chi connectivity index (χ1v) is 11.3. The number of benzene rings is 3. The number of rotatable bonds is 10. The van der Waals surface area contributed by atoms with Crippen molar-refractivity contribution >= 4 is 10.9 Å². The van der Waals surface area contributed by atoms with Crippen LogP contribution in [0.3, 0.4) is 0 Å². The Morgan fingerprint density at radius 3 is 2.35 bits per heavy atom. The van der Waals surface area contributed by atoms with Crippen molar-refractivity contribution in [1.82, 2.24) is 10.3 Å². The van der Waals surface area contributed by atoms with Crippen molar-refractivity contribution in [3.05, 3.63) is 101 Å². The predicted octanol–water partition coefficient (Wildman–Crippen LogP) is 6.79. The molecule has 0 fully saturated rings. The van der Waals surface area contributed by atoms with Crippen molar-refractivity contribution in [2.45, 2.75) is 45.2 Å². The molecule has 3 heteroatoms. The molecule has 0 aliphatic rings. The molecule has 3 nitrogen and oxygen atoms in total. The van der Waals surface area contributed by atoms with Crippen molar-refractivity contribution in [3.8, 4) is 5.75 Å². The van der Waals surface area contributed by atoms with E-state index in [-0.39, 0.29) is 6.04 Å². The van der Waals surface area contributed by atoms with Gasteiger partial charge in [0.2, 0.25) is 0 Å². The Balaban J connectivity index is 1.74. The van der Waals surface area contributed by atoms with E-state index in [1.807, 2.05) is 12.1 Å². The monoisotopic (exact) mass is 412 g/mol. The van der Waals surface area contributed by atoms with Gasteiger partial charge in [-0.1, -0.05) is 80.4 Å². The third-order valence-electron chi connectivity index (χ3n) is 5.97. The second-order valence-electron chi connectivity index (χ2n) is 8.09. The first-order valence-electron chi connectivity index (χ1n) is 11.3. The molecule has 1 heterocycles. The van der Waals surface area contributed by atoms with E-state index >= 15 is 0 Å². The molecule has 0 radical (unpaired) electrons. The van der Waals surface area contributed by atoms with Gasteiger partial charge in [0.25, 0.3) is 0 Å². The highest BCUT2D eigenvalue weighted by Gasteiger charge is 2.21. The fourth-order valence-electron chi connectivity index (χ4n) is 4.29. The minimum Gasteiger partial charge on any atom is -0.497 e. The summed E-state index contributed by atoms with van der Waals surface area (Å²) in [4.78, 5) is 3.76. The molecule has 0 spiro atoms. The molecule has 0 bridgehead atoms. The molecule has 0 aliphatic heterocycles. The van der Waals surface area contributed by atoms with Crippen LogP contribution in [0.2, 0.25) is 0 Å². The third kappa shape index (κ3) is 5.00. The van der Waals surface area contributed by atoms with Crippen LogP contribution in [-0.2, 0) is 13.0 Å². The maximum atomic E-state index is 5.39. The highest BCUT2D eigenvalue weighted by Crippen LogP contribution is 2.32. The molecule has 0 saturated heterocycles. The molecule has 0 aliphatic carbocycles. The zero-order valence-electron chi connectivity index (χ0n) is 18.5. The van der Waals surface area contributed by atoms with Crippen molar-refractivity contribution in [2.75, 3.05) is 7.11 Å². The standard InChI is InChI=1S/C28H32N2O/c1-3-4-6-14-25-24-13-9-10-15-26(24)30-28(25)27(22-16-18-23(31-2)19-17-22)29-20-21-11-7-5-8-12-21/h5,7-13,15-19,27,29-30H,3-4,6,14,20H2,1-2H3. The second kappa shape index (κ2) is 10.3. The van der Waals surface area contributed by atoms with Crippen molar-refractivity contribution in [2.24, 2.45) is 0 Å². The van der Waals surface area contributed by atoms with Gasteiger partial charge in [0, 0.05) is 23.1 Å². The first-order chi connectivity index (χ1) is 15.3. The summed E-state index contributed by atoms with van der Waals surface area (Å²) in [5, 5.41) is 5.17. The number of aromatic nitrogens is 1. The van der Waals surface area contributed by atoms with Gasteiger partial charge in [-0.2, -0.15) is 0 Å². The van der Waals surface area contributed by atoms with Crippen LogP contribution >= 0.6 is 0 Å². The zero-order valence-corrected chi connectivity index (χ0v) is 18.5. The Morgan fingerprint density at radius 1 is 0.871 bits per heavy atom. The highest BCUT2D eigenvalue weighted by atomic mass is 16.5. The van der Waals surface area contributed by atoms with Gasteiger partial charge in [-0.3, -0.25) is 0 Å². The average Bonchev–Trinajstić information content (AvgIpc) is 3.19. The number of ether oxygens (including phenoxy) is 1. The number of methoxy groups -OCH3 is 1. The summed E-state index contributed by atoms with van der Waals surface area (Å²) in [7, 11) is 1.71. The Morgan fingerprint density at radius 2 is 1.61 bits per heavy atom. The molecular weight excluding hydrogens is 380 g/mol. The van der Waals surface area contributed by atoms with Crippen molar-refractivity contribution < 1.29 is 4.74 Å². The number of unbranched alkanes of at least 4 members (excludes halogenated alkanes) is 2. The fourth-order valence-corrected chi connectivity index (χ4v) is 4.29. The summed E-state index contributed by atoms with van der Waals surface area (Å²) in [5.41, 5.74) is 6.44. The number of aryl methyl sites for hydroxylation is 1. The molecule has 4 rings (SSSR count). The van der Waals surface area contributed by atoms with E-state index in [1.54, 1.807) is 7.11 Å². The second-order valence-corrected chi connectivity index (χ2v) is 8.09. The minimum absolute atomic E-state index is 0.0788. The van der Waals surface area contributed by atoms with Crippen molar-refractivity contribution in [3.63, 3.8) is 0 Å². The minimum atomic E-state index is 0.0788. The number of nitrogens with one attached hydrogen (secondary N) is 2. The lowest BCUT2D eigenvalue weighted by molar-refractivity contribution is 0.414. The van der Waals surface area contributed by atoms with Gasteiger partial charge < -0.3 is 15.0 Å². The number of H-pyrrole nitrogens is 1. The molecular formula is C28H32N2O. The summed E-state index contributed by atoms with van der Waals surface area (Å²) in [6.45, 7) is 3.07. The molecule has 3 aromatic carbocycles. The van der Waals surface area contributed by atoms with Crippen LogP contribution in [0.1, 0.15) is 54.6 Å². The zero-order chi connectivity index (χ0) is 21.5. The number of para-hydroxylation sites is 1. The summed E-state index contributed by atoms with van der Waals surface area (Å²) in [6, 6.07) is 27.8. The molecule has 31 heavy (non-hydrogen) atoms. The predicted molar refractivity (Wildman–Crippen MR) is 130 cm³/mol. The van der Waals surface area contributed by atoms with Gasteiger partial charge in [-0.25, -0.2) is 0 Å². The quantitative estimate of drug-likeness (QED) is 0.281. The largest absolute Gasteiger partial charge is 0.497 e. The SMILES string of the molecule is CCCCCc1c(C(NCc2ccccc2)c2ccc(OC)cc2)[nH]c2ccccc12. The molecule has 0 saturated carbocycles. The van der Waals surface area contributed by atoms with Gasteiger partial charge in [0.15, 0.2) is 0 Å². The highest BCUT2D eigenvalue weighted by molar-refractivity contribution is 5.85. The van der Waals surface area contributed by atoms with Crippen LogP contribution in [0, 0.1) is 0 Å². The van der Waals surface area contributed by atoms with Crippen LogP contribution in [0.25, 0.3) is 10.9 Å². The van der Waals surface area contributed by atoms with Crippen LogP contribution in [-0.4, -0.2) is 12.1 Å². The lowest BCUT2D eigenvalue weighted by atomic mass is 9.96. The Bertz CT molecular complexity index is 1080. The summed E-state index contributed by atoms with van der Waals surface area (Å²) >= 11 is 0. The number of hydrogen-bond acceptors (Lipinski definition) is 2. The lowest BCUT2D eigenvalue weighted by Crippen LogP contribution is -2.23. The fraction of sp³-hybridized carbons (Fsp3) is 0.286. The van der Waals surface area contributed by atoms with E-state index in [0.717, 1.165) is 18.7 Å². The van der Waals surface area contributed by atoms with Crippen molar-refractivity contribution in [1.29, 1.82) is 0 Å². The Labute approximate surface area is 185 Å². The van der Waals surface area contributed by atoms with Crippen LogP contribution in [0.5, 0.6) is 5.75 Å². The number of aromatic amines is 1. The molecule has 4 aromatic rings.